The van der Waals surface area contributed by atoms with Gasteiger partial charge in [-0.2, -0.15) is 4.39 Å². The lowest BCUT2D eigenvalue weighted by Crippen LogP contribution is -2.39. The number of amides is 3. The number of fused-ring (bicyclic) bond motifs is 1. The molecule has 3 saturated heterocycles. The van der Waals surface area contributed by atoms with Gasteiger partial charge in [-0.1, -0.05) is 11.6 Å². The third-order valence-electron chi connectivity index (χ3n) is 8.69. The molecule has 0 aliphatic carbocycles. The number of nitrogens with one attached hydrogen (secondary N) is 2. The molecule has 13 heteroatoms. The molecule has 3 amide bonds. The topological polar surface area (TPSA) is 109 Å². The summed E-state index contributed by atoms with van der Waals surface area (Å²) in [6.07, 6.45) is 2.97. The largest absolute Gasteiger partial charge is 0.494 e. The Morgan fingerprint density at radius 1 is 1.07 bits per heavy atom. The van der Waals surface area contributed by atoms with E-state index in [4.69, 9.17) is 16.3 Å². The maximum atomic E-state index is 14.6. The number of ether oxygens (including phenoxy) is 1. The van der Waals surface area contributed by atoms with Gasteiger partial charge in [-0.25, -0.2) is 9.37 Å². The molecule has 6 rings (SSSR count). The number of rotatable bonds is 6. The van der Waals surface area contributed by atoms with Crippen LogP contribution in [-0.2, 0) is 11.8 Å². The molecule has 0 spiro atoms. The zero-order chi connectivity index (χ0) is 30.4. The Morgan fingerprint density at radius 2 is 1.88 bits per heavy atom. The van der Waals surface area contributed by atoms with Crippen LogP contribution in [0.25, 0.3) is 11.3 Å². The third-order valence-corrected chi connectivity index (χ3v) is 9.00. The predicted octanol–water partition coefficient (Wildman–Crippen LogP) is 3.56. The van der Waals surface area contributed by atoms with Crippen LogP contribution in [0.4, 0.5) is 14.5 Å². The summed E-state index contributed by atoms with van der Waals surface area (Å²) in [6.45, 7) is 3.30. The summed E-state index contributed by atoms with van der Waals surface area (Å²) >= 11 is 6.47. The van der Waals surface area contributed by atoms with E-state index in [9.17, 15) is 23.2 Å². The molecule has 2 aromatic carbocycles. The number of aromatic nitrogens is 2. The molecule has 3 aliphatic rings. The second-order valence-electron chi connectivity index (χ2n) is 11.2. The van der Waals surface area contributed by atoms with E-state index in [0.717, 1.165) is 26.1 Å². The van der Waals surface area contributed by atoms with E-state index in [2.05, 4.69) is 15.6 Å². The number of anilines is 1. The van der Waals surface area contributed by atoms with Gasteiger partial charge in [-0.05, 0) is 55.6 Å². The summed E-state index contributed by atoms with van der Waals surface area (Å²) in [7, 11) is 2.74. The molecule has 226 valence electrons. The highest BCUT2D eigenvalue weighted by atomic mass is 35.5. The van der Waals surface area contributed by atoms with Gasteiger partial charge in [-0.3, -0.25) is 14.4 Å². The molecule has 3 aromatic rings. The Kier molecular flexibility index (Phi) is 7.82. The van der Waals surface area contributed by atoms with Crippen LogP contribution in [0.5, 0.6) is 5.75 Å². The number of methoxy groups -OCH3 is 1. The molecule has 1 aromatic heterocycles. The van der Waals surface area contributed by atoms with Crippen molar-refractivity contribution in [2.75, 3.05) is 45.2 Å². The average molecular weight is 613 g/mol. The SMILES string of the molecule is COc1ccc(-c2cnc(C(=O)Nc3ccc(C(=O)N4CCC(C(=O)N5CC6CCN[C@H]6C5)C4)c(Cl)c3)n2C)c(F)c1F. The lowest BCUT2D eigenvalue weighted by atomic mass is 10.1. The first kappa shape index (κ1) is 29.1. The lowest BCUT2D eigenvalue weighted by Gasteiger charge is -2.22. The van der Waals surface area contributed by atoms with Crippen molar-refractivity contribution in [3.05, 3.63) is 64.6 Å². The lowest BCUT2D eigenvalue weighted by molar-refractivity contribution is -0.134. The van der Waals surface area contributed by atoms with E-state index in [1.54, 1.807) is 11.0 Å². The van der Waals surface area contributed by atoms with E-state index < -0.39 is 17.5 Å². The van der Waals surface area contributed by atoms with Crippen LogP contribution >= 0.6 is 11.6 Å². The van der Waals surface area contributed by atoms with Crippen molar-refractivity contribution in [3.8, 4) is 17.0 Å². The highest BCUT2D eigenvalue weighted by Gasteiger charge is 2.41. The summed E-state index contributed by atoms with van der Waals surface area (Å²) in [5.74, 6) is -3.04. The standard InChI is InChI=1S/C30H31ClF2N6O4/c1-37-23(20-5-6-24(43-2)26(33)25(20)32)12-35-27(37)28(40)36-18-3-4-19(21(31)11-18)30(42)38-10-8-17(14-38)29(41)39-13-16-7-9-34-22(16)15-39/h3-6,11-12,16-17,22,34H,7-10,13-15H2,1-2H3,(H,36,40)/t16?,17?,22-/m0/s1. The van der Waals surface area contributed by atoms with Gasteiger partial charge in [-0.15, -0.1) is 0 Å². The fourth-order valence-electron chi connectivity index (χ4n) is 6.32. The van der Waals surface area contributed by atoms with E-state index in [0.29, 0.717) is 37.2 Å². The zero-order valence-corrected chi connectivity index (χ0v) is 24.5. The number of benzene rings is 2. The van der Waals surface area contributed by atoms with Gasteiger partial charge in [0.25, 0.3) is 11.8 Å². The Bertz CT molecular complexity index is 1600. The molecule has 2 unspecified atom stereocenters. The first-order chi connectivity index (χ1) is 20.7. The molecule has 3 atom stereocenters. The predicted molar refractivity (Wildman–Crippen MR) is 155 cm³/mol. The van der Waals surface area contributed by atoms with Crippen molar-refractivity contribution >= 4 is 35.0 Å². The molecule has 0 bridgehead atoms. The molecular formula is C30H31ClF2N6O4. The molecule has 43 heavy (non-hydrogen) atoms. The molecule has 0 saturated carbocycles. The number of hydrogen-bond acceptors (Lipinski definition) is 6. The molecule has 3 aliphatic heterocycles. The van der Waals surface area contributed by atoms with Crippen molar-refractivity contribution < 1.29 is 27.9 Å². The Balaban J connectivity index is 1.10. The summed E-state index contributed by atoms with van der Waals surface area (Å²) in [4.78, 5) is 47.1. The van der Waals surface area contributed by atoms with Crippen LogP contribution in [0.1, 0.15) is 33.8 Å². The maximum absolute atomic E-state index is 14.6. The van der Waals surface area contributed by atoms with E-state index in [1.807, 2.05) is 4.90 Å². The number of nitrogens with zero attached hydrogens (tertiary/aromatic N) is 4. The molecule has 10 nitrogen and oxygen atoms in total. The van der Waals surface area contributed by atoms with Gasteiger partial charge in [0, 0.05) is 50.5 Å². The van der Waals surface area contributed by atoms with Crippen LogP contribution in [0.15, 0.2) is 36.5 Å². The highest BCUT2D eigenvalue weighted by molar-refractivity contribution is 6.34. The Hall–Kier alpha value is -4.03. The number of carbonyl (C=O) groups excluding carboxylic acids is 3. The molecule has 0 radical (unpaired) electrons. The smallest absolute Gasteiger partial charge is 0.291 e. The monoisotopic (exact) mass is 612 g/mol. The number of hydrogen-bond donors (Lipinski definition) is 2. The first-order valence-electron chi connectivity index (χ1n) is 14.1. The normalized spacial score (nSPS) is 21.3. The van der Waals surface area contributed by atoms with Crippen LogP contribution in [0, 0.1) is 23.5 Å². The minimum atomic E-state index is -1.14. The summed E-state index contributed by atoms with van der Waals surface area (Å²) in [6, 6.07) is 7.56. The fraction of sp³-hybridized carbons (Fsp3) is 0.400. The van der Waals surface area contributed by atoms with Crippen LogP contribution in [0.2, 0.25) is 5.02 Å². The van der Waals surface area contributed by atoms with Gasteiger partial charge in [0.1, 0.15) is 0 Å². The molecule has 4 heterocycles. The number of likely N-dealkylation sites (tertiary alicyclic amines) is 2. The minimum Gasteiger partial charge on any atom is -0.494 e. The van der Waals surface area contributed by atoms with Gasteiger partial charge >= 0.3 is 0 Å². The van der Waals surface area contributed by atoms with Crippen LogP contribution in [0.3, 0.4) is 0 Å². The van der Waals surface area contributed by atoms with Gasteiger partial charge < -0.3 is 29.7 Å². The number of carbonyl (C=O) groups is 3. The summed E-state index contributed by atoms with van der Waals surface area (Å²) in [5.41, 5.74) is 0.698. The second-order valence-corrected chi connectivity index (χ2v) is 11.6. The molecule has 2 N–H and O–H groups in total. The van der Waals surface area contributed by atoms with Crippen molar-refractivity contribution in [2.45, 2.75) is 18.9 Å². The van der Waals surface area contributed by atoms with Crippen molar-refractivity contribution in [2.24, 2.45) is 18.9 Å². The van der Waals surface area contributed by atoms with Crippen molar-refractivity contribution in [3.63, 3.8) is 0 Å². The molecule has 3 fully saturated rings. The Morgan fingerprint density at radius 3 is 2.63 bits per heavy atom. The van der Waals surface area contributed by atoms with Gasteiger partial charge in [0.2, 0.25) is 11.7 Å². The second kappa shape index (κ2) is 11.6. The van der Waals surface area contributed by atoms with Crippen LogP contribution < -0.4 is 15.4 Å². The number of halogens is 3. The van der Waals surface area contributed by atoms with Gasteiger partial charge in [0.15, 0.2) is 17.4 Å². The average Bonchev–Trinajstić information content (AvgIpc) is 3.78. The van der Waals surface area contributed by atoms with Gasteiger partial charge in [0.05, 0.1) is 35.5 Å². The zero-order valence-electron chi connectivity index (χ0n) is 23.7. The van der Waals surface area contributed by atoms with Crippen molar-refractivity contribution in [1.82, 2.24) is 24.7 Å². The molecular weight excluding hydrogens is 582 g/mol. The highest BCUT2D eigenvalue weighted by Crippen LogP contribution is 2.32. The third kappa shape index (κ3) is 5.33. The summed E-state index contributed by atoms with van der Waals surface area (Å²) in [5, 5.41) is 6.28. The van der Waals surface area contributed by atoms with E-state index in [-0.39, 0.29) is 51.1 Å². The first-order valence-corrected chi connectivity index (χ1v) is 14.5. The summed E-state index contributed by atoms with van der Waals surface area (Å²) < 4.78 is 35.0. The number of imidazole rings is 1. The van der Waals surface area contributed by atoms with Crippen LogP contribution in [-0.4, -0.2) is 82.9 Å². The van der Waals surface area contributed by atoms with E-state index in [1.165, 1.54) is 49.2 Å². The minimum absolute atomic E-state index is 0.0490. The maximum Gasteiger partial charge on any atom is 0.291 e. The Labute approximate surface area is 251 Å². The fourth-order valence-corrected chi connectivity index (χ4v) is 6.58. The van der Waals surface area contributed by atoms with E-state index >= 15 is 0 Å². The quantitative estimate of drug-likeness (QED) is 0.441. The van der Waals surface area contributed by atoms with Crippen molar-refractivity contribution in [1.29, 1.82) is 0 Å².